The normalized spacial score (nSPS) is 11.5. The molecule has 0 spiro atoms. The number of hydrogen-bond acceptors (Lipinski definition) is 3. The maximum Gasteiger partial charge on any atom is 0.276 e. The molecule has 0 aromatic carbocycles. The third-order valence-electron chi connectivity index (χ3n) is 2.13. The summed E-state index contributed by atoms with van der Waals surface area (Å²) in [5.41, 5.74) is 0.822. The lowest BCUT2D eigenvalue weighted by Gasteiger charge is -1.98. The molecule has 0 saturated heterocycles. The average Bonchev–Trinajstić information content (AvgIpc) is 2.45. The van der Waals surface area contributed by atoms with E-state index in [2.05, 4.69) is 33.8 Å². The van der Waals surface area contributed by atoms with Crippen molar-refractivity contribution in [1.29, 1.82) is 0 Å². The monoisotopic (exact) mass is 206 g/mol. The lowest BCUT2D eigenvalue weighted by molar-refractivity contribution is 0.627. The zero-order valence-electron chi connectivity index (χ0n) is 9.09. The van der Waals surface area contributed by atoms with Crippen LogP contribution in [0.5, 0.6) is 0 Å². The highest BCUT2D eigenvalue weighted by Gasteiger charge is 2.08. The van der Waals surface area contributed by atoms with Gasteiger partial charge >= 0.3 is 0 Å². The number of imidazole rings is 1. The summed E-state index contributed by atoms with van der Waals surface area (Å²) in [6, 6.07) is 0. The van der Waals surface area contributed by atoms with Crippen molar-refractivity contribution >= 4 is 11.2 Å². The van der Waals surface area contributed by atoms with Crippen molar-refractivity contribution in [3.05, 3.63) is 22.0 Å². The number of fused-ring (bicyclic) bond motifs is 1. The van der Waals surface area contributed by atoms with Crippen molar-refractivity contribution in [2.45, 2.75) is 27.2 Å². The highest BCUT2D eigenvalue weighted by molar-refractivity contribution is 5.68. The maximum atomic E-state index is 11.5. The summed E-state index contributed by atoms with van der Waals surface area (Å²) in [5.74, 6) is 1.92. The average molecular weight is 206 g/mol. The fourth-order valence-electron chi connectivity index (χ4n) is 1.55. The first-order chi connectivity index (χ1) is 7.06. The number of aromatic amines is 2. The van der Waals surface area contributed by atoms with Crippen LogP contribution in [0.15, 0.2) is 4.79 Å². The number of hydrogen-bond donors (Lipinski definition) is 2. The van der Waals surface area contributed by atoms with Crippen LogP contribution >= 0.6 is 0 Å². The summed E-state index contributed by atoms with van der Waals surface area (Å²) in [4.78, 5) is 25.6. The van der Waals surface area contributed by atoms with Crippen molar-refractivity contribution in [1.82, 2.24) is 19.9 Å². The van der Waals surface area contributed by atoms with Gasteiger partial charge in [-0.1, -0.05) is 13.8 Å². The Morgan fingerprint density at radius 2 is 2.00 bits per heavy atom. The number of aryl methyl sites for hydroxylation is 1. The third-order valence-corrected chi connectivity index (χ3v) is 2.13. The van der Waals surface area contributed by atoms with Crippen molar-refractivity contribution in [3.63, 3.8) is 0 Å². The molecule has 0 aliphatic carbocycles. The fourth-order valence-corrected chi connectivity index (χ4v) is 1.55. The van der Waals surface area contributed by atoms with E-state index >= 15 is 0 Å². The van der Waals surface area contributed by atoms with Crippen molar-refractivity contribution in [2.75, 3.05) is 0 Å². The number of rotatable bonds is 2. The summed E-state index contributed by atoms with van der Waals surface area (Å²) in [7, 11) is 0. The van der Waals surface area contributed by atoms with Gasteiger partial charge in [-0.3, -0.25) is 4.79 Å². The minimum absolute atomic E-state index is 0.153. The SMILES string of the molecule is Cc1nc2nc(CC(C)C)[nH]c2c(=O)[nH]1. The van der Waals surface area contributed by atoms with Crippen LogP contribution in [0, 0.1) is 12.8 Å². The number of nitrogens with zero attached hydrogens (tertiary/aromatic N) is 2. The van der Waals surface area contributed by atoms with Gasteiger partial charge in [0.2, 0.25) is 0 Å². The van der Waals surface area contributed by atoms with Crippen LogP contribution < -0.4 is 5.56 Å². The Labute approximate surface area is 87.0 Å². The summed E-state index contributed by atoms with van der Waals surface area (Å²) in [6.45, 7) is 5.96. The molecule has 15 heavy (non-hydrogen) atoms. The van der Waals surface area contributed by atoms with Crippen molar-refractivity contribution in [2.24, 2.45) is 5.92 Å². The first-order valence-electron chi connectivity index (χ1n) is 5.02. The number of nitrogens with one attached hydrogen (secondary N) is 2. The summed E-state index contributed by atoms with van der Waals surface area (Å²) < 4.78 is 0. The zero-order chi connectivity index (χ0) is 11.0. The van der Waals surface area contributed by atoms with Crippen molar-refractivity contribution < 1.29 is 0 Å². The zero-order valence-corrected chi connectivity index (χ0v) is 9.09. The van der Waals surface area contributed by atoms with Gasteiger partial charge in [0.25, 0.3) is 5.56 Å². The Hall–Kier alpha value is -1.65. The molecule has 2 aromatic rings. The van der Waals surface area contributed by atoms with E-state index in [1.165, 1.54) is 0 Å². The topological polar surface area (TPSA) is 74.4 Å². The Bertz CT molecular complexity index is 538. The molecule has 2 aromatic heterocycles. The van der Waals surface area contributed by atoms with Crippen LogP contribution in [0.3, 0.4) is 0 Å². The predicted octanol–water partition coefficient (Wildman–Crippen LogP) is 1.15. The molecule has 5 nitrogen and oxygen atoms in total. The molecule has 0 bridgehead atoms. The summed E-state index contributed by atoms with van der Waals surface area (Å²) in [5, 5.41) is 0. The molecule has 80 valence electrons. The van der Waals surface area contributed by atoms with Gasteiger partial charge in [0.1, 0.15) is 11.6 Å². The number of H-pyrrole nitrogens is 2. The summed E-state index contributed by atoms with van der Waals surface area (Å²) >= 11 is 0. The highest BCUT2D eigenvalue weighted by Crippen LogP contribution is 2.08. The quantitative estimate of drug-likeness (QED) is 0.774. The van der Waals surface area contributed by atoms with E-state index in [0.717, 1.165) is 12.2 Å². The molecule has 2 N–H and O–H groups in total. The van der Waals surface area contributed by atoms with Crippen molar-refractivity contribution in [3.8, 4) is 0 Å². The van der Waals surface area contributed by atoms with Gasteiger partial charge in [0, 0.05) is 6.42 Å². The Balaban J connectivity index is 2.55. The van der Waals surface area contributed by atoms with Gasteiger partial charge in [0.15, 0.2) is 11.2 Å². The van der Waals surface area contributed by atoms with Crippen LogP contribution in [-0.2, 0) is 6.42 Å². The molecule has 0 fully saturated rings. The van der Waals surface area contributed by atoms with Gasteiger partial charge in [-0.25, -0.2) is 9.97 Å². The molecular formula is C10H14N4O. The molecule has 0 atom stereocenters. The molecular weight excluding hydrogens is 192 g/mol. The molecule has 2 heterocycles. The van der Waals surface area contributed by atoms with E-state index in [1.54, 1.807) is 6.92 Å². The van der Waals surface area contributed by atoms with Gasteiger partial charge in [-0.15, -0.1) is 0 Å². The van der Waals surface area contributed by atoms with Gasteiger partial charge in [0.05, 0.1) is 0 Å². The molecule has 0 saturated carbocycles. The largest absolute Gasteiger partial charge is 0.336 e. The first kappa shape index (κ1) is 9.89. The third kappa shape index (κ3) is 1.91. The molecule has 2 rings (SSSR count). The second kappa shape index (κ2) is 3.49. The standard InChI is InChI=1S/C10H14N4O/c1-5(2)4-7-13-8-9(14-7)11-6(3)12-10(8)15/h5H,4H2,1-3H3,(H2,11,12,13,14,15). The molecule has 0 aliphatic heterocycles. The first-order valence-corrected chi connectivity index (χ1v) is 5.02. The lowest BCUT2D eigenvalue weighted by atomic mass is 10.1. The molecule has 0 unspecified atom stereocenters. The summed E-state index contributed by atoms with van der Waals surface area (Å²) in [6.07, 6.45) is 0.828. The predicted molar refractivity (Wildman–Crippen MR) is 57.8 cm³/mol. The van der Waals surface area contributed by atoms with Gasteiger partial charge < -0.3 is 9.97 Å². The second-order valence-electron chi connectivity index (χ2n) is 4.13. The maximum absolute atomic E-state index is 11.5. The number of aromatic nitrogens is 4. The smallest absolute Gasteiger partial charge is 0.276 e. The minimum atomic E-state index is -0.153. The molecule has 5 heteroatoms. The van der Waals surface area contributed by atoms with E-state index in [4.69, 9.17) is 0 Å². The van der Waals surface area contributed by atoms with E-state index < -0.39 is 0 Å². The van der Waals surface area contributed by atoms with Crippen LogP contribution in [0.4, 0.5) is 0 Å². The molecule has 0 amide bonds. The van der Waals surface area contributed by atoms with Crippen LogP contribution in [0.25, 0.3) is 11.2 Å². The van der Waals surface area contributed by atoms with Crippen LogP contribution in [0.1, 0.15) is 25.5 Å². The highest BCUT2D eigenvalue weighted by atomic mass is 16.1. The Kier molecular flexibility index (Phi) is 2.30. The van der Waals surface area contributed by atoms with Crippen LogP contribution in [0.2, 0.25) is 0 Å². The Morgan fingerprint density at radius 3 is 2.67 bits per heavy atom. The lowest BCUT2D eigenvalue weighted by Crippen LogP contribution is -2.09. The Morgan fingerprint density at radius 1 is 1.27 bits per heavy atom. The molecule has 0 aliphatic rings. The van der Waals surface area contributed by atoms with E-state index in [-0.39, 0.29) is 5.56 Å². The van der Waals surface area contributed by atoms with E-state index in [9.17, 15) is 4.79 Å². The van der Waals surface area contributed by atoms with E-state index in [0.29, 0.717) is 22.9 Å². The van der Waals surface area contributed by atoms with Gasteiger partial charge in [-0.2, -0.15) is 0 Å². The fraction of sp³-hybridized carbons (Fsp3) is 0.500. The van der Waals surface area contributed by atoms with Gasteiger partial charge in [-0.05, 0) is 12.8 Å². The second-order valence-corrected chi connectivity index (χ2v) is 4.13. The van der Waals surface area contributed by atoms with E-state index in [1.807, 2.05) is 0 Å². The molecule has 0 radical (unpaired) electrons. The minimum Gasteiger partial charge on any atom is -0.336 e. The van der Waals surface area contributed by atoms with Crippen LogP contribution in [-0.4, -0.2) is 19.9 Å².